The minimum atomic E-state index is -0.615. The van der Waals surface area contributed by atoms with E-state index in [0.29, 0.717) is 25.4 Å². The van der Waals surface area contributed by atoms with Gasteiger partial charge in [0, 0.05) is 61.7 Å². The molecule has 0 aromatic carbocycles. The summed E-state index contributed by atoms with van der Waals surface area (Å²) in [5.74, 6) is 0.909. The summed E-state index contributed by atoms with van der Waals surface area (Å²) in [7, 11) is 0. The van der Waals surface area contributed by atoms with Crippen molar-refractivity contribution in [3.05, 3.63) is 41.0 Å². The molecule has 2 aromatic rings. The van der Waals surface area contributed by atoms with Crippen LogP contribution in [0.3, 0.4) is 0 Å². The predicted octanol–water partition coefficient (Wildman–Crippen LogP) is 1.20. The van der Waals surface area contributed by atoms with Crippen LogP contribution in [0.25, 0.3) is 5.82 Å². The molecule has 2 fully saturated rings. The molecule has 1 unspecified atom stereocenters. The number of pyridine rings is 1. The van der Waals surface area contributed by atoms with Crippen molar-refractivity contribution in [1.82, 2.24) is 35.0 Å². The van der Waals surface area contributed by atoms with Crippen LogP contribution in [-0.2, 0) is 9.53 Å². The monoisotopic (exact) mass is 453 g/mol. The molecule has 1 atom stereocenters. The number of rotatable bonds is 5. The van der Waals surface area contributed by atoms with E-state index in [1.807, 2.05) is 26.0 Å². The van der Waals surface area contributed by atoms with Gasteiger partial charge in [-0.3, -0.25) is 4.79 Å². The van der Waals surface area contributed by atoms with Gasteiger partial charge < -0.3 is 19.6 Å². The van der Waals surface area contributed by atoms with E-state index in [4.69, 9.17) is 4.74 Å². The van der Waals surface area contributed by atoms with E-state index < -0.39 is 6.10 Å². The molecule has 2 aromatic heterocycles. The molecule has 5 rings (SSSR count). The summed E-state index contributed by atoms with van der Waals surface area (Å²) in [6, 6.07) is 3.72. The molecule has 3 aliphatic rings. The summed E-state index contributed by atoms with van der Waals surface area (Å²) in [6.07, 6.45) is 4.23. The number of tetrazole rings is 1. The Balaban J connectivity index is 1.19. The first-order chi connectivity index (χ1) is 15.9. The zero-order valence-electron chi connectivity index (χ0n) is 19.3. The predicted molar refractivity (Wildman–Crippen MR) is 120 cm³/mol. The Labute approximate surface area is 193 Å². The Kier molecular flexibility index (Phi) is 5.98. The molecule has 2 aliphatic heterocycles. The highest BCUT2D eigenvalue weighted by atomic mass is 16.5. The number of morpholine rings is 1. The third-order valence-corrected chi connectivity index (χ3v) is 7.32. The van der Waals surface area contributed by atoms with Gasteiger partial charge in [0.2, 0.25) is 0 Å². The van der Waals surface area contributed by atoms with Gasteiger partial charge in [-0.2, -0.15) is 4.68 Å². The second kappa shape index (κ2) is 8.92. The molecule has 33 heavy (non-hydrogen) atoms. The van der Waals surface area contributed by atoms with Gasteiger partial charge in [-0.1, -0.05) is 6.07 Å². The Morgan fingerprint density at radius 2 is 2.00 bits per heavy atom. The number of ether oxygens (including phenoxy) is 1. The third kappa shape index (κ3) is 4.42. The SMILES string of the molecule is CC1=C(N2CCOC3(CCN(CC(O)c4ccc(-n5cnnn5)nc4C)CC3)C2)CCC1=O. The lowest BCUT2D eigenvalue weighted by molar-refractivity contribution is -0.131. The van der Waals surface area contributed by atoms with Gasteiger partial charge in [0.15, 0.2) is 11.6 Å². The highest BCUT2D eigenvalue weighted by Crippen LogP contribution is 2.35. The smallest absolute Gasteiger partial charge is 0.160 e. The van der Waals surface area contributed by atoms with Crippen molar-refractivity contribution < 1.29 is 14.6 Å². The number of carbonyl (C=O) groups excluding carboxylic acids is 1. The van der Waals surface area contributed by atoms with E-state index in [0.717, 1.165) is 62.3 Å². The average molecular weight is 454 g/mol. The van der Waals surface area contributed by atoms with Gasteiger partial charge in [-0.25, -0.2) is 4.98 Å². The van der Waals surface area contributed by atoms with Crippen molar-refractivity contribution in [3.63, 3.8) is 0 Å². The second-order valence-electron chi connectivity index (χ2n) is 9.36. The lowest BCUT2D eigenvalue weighted by Gasteiger charge is -2.48. The van der Waals surface area contributed by atoms with Gasteiger partial charge in [0.25, 0.3) is 0 Å². The van der Waals surface area contributed by atoms with Crippen molar-refractivity contribution in [2.75, 3.05) is 39.3 Å². The molecule has 4 heterocycles. The van der Waals surface area contributed by atoms with Crippen LogP contribution in [-0.4, -0.2) is 90.8 Å². The van der Waals surface area contributed by atoms with Gasteiger partial charge in [0.1, 0.15) is 6.33 Å². The first-order valence-corrected chi connectivity index (χ1v) is 11.7. The lowest BCUT2D eigenvalue weighted by atomic mass is 9.88. The molecular formula is C23H31N7O3. The molecule has 176 valence electrons. The number of aryl methyl sites for hydroxylation is 1. The van der Waals surface area contributed by atoms with Gasteiger partial charge in [-0.15, -0.1) is 5.10 Å². The zero-order chi connectivity index (χ0) is 23.0. The highest BCUT2D eigenvalue weighted by Gasteiger charge is 2.41. The zero-order valence-corrected chi connectivity index (χ0v) is 19.3. The summed E-state index contributed by atoms with van der Waals surface area (Å²) in [6.45, 7) is 8.57. The molecule has 10 heteroatoms. The van der Waals surface area contributed by atoms with Crippen molar-refractivity contribution in [2.24, 2.45) is 0 Å². The maximum Gasteiger partial charge on any atom is 0.160 e. The lowest BCUT2D eigenvalue weighted by Crippen LogP contribution is -2.56. The van der Waals surface area contributed by atoms with E-state index >= 15 is 0 Å². The average Bonchev–Trinajstić information content (AvgIpc) is 3.46. The fraction of sp³-hybridized carbons (Fsp3) is 0.609. The Bertz CT molecular complexity index is 1040. The summed E-state index contributed by atoms with van der Waals surface area (Å²) in [5.41, 5.74) is 3.57. The molecule has 1 N–H and O–H groups in total. The number of allylic oxidation sites excluding steroid dienone is 2. The number of aliphatic hydroxyl groups is 1. The van der Waals surface area contributed by atoms with Gasteiger partial charge >= 0.3 is 0 Å². The molecule has 2 saturated heterocycles. The maximum atomic E-state index is 12.0. The number of hydrogen-bond acceptors (Lipinski definition) is 9. The van der Waals surface area contributed by atoms with Gasteiger partial charge in [-0.05, 0) is 49.6 Å². The first kappa shape index (κ1) is 22.1. The standard InChI is InChI=1S/C23H31N7O3/c1-16-19(4-5-20(16)31)29-11-12-33-23(14-29)7-9-28(10-8-23)13-21(32)18-3-6-22(25-17(18)2)30-15-24-26-27-30/h3,6,15,21,32H,4-5,7-14H2,1-2H3. The van der Waals surface area contributed by atoms with E-state index in [9.17, 15) is 9.90 Å². The molecule has 0 amide bonds. The number of hydrogen-bond donors (Lipinski definition) is 1. The van der Waals surface area contributed by atoms with E-state index in [2.05, 4.69) is 30.3 Å². The summed E-state index contributed by atoms with van der Waals surface area (Å²) < 4.78 is 7.80. The van der Waals surface area contributed by atoms with E-state index in [-0.39, 0.29) is 11.4 Å². The number of ketones is 1. The number of piperidine rings is 1. The molecule has 0 bridgehead atoms. The summed E-state index contributed by atoms with van der Waals surface area (Å²) in [4.78, 5) is 21.2. The molecule has 0 saturated carbocycles. The van der Waals surface area contributed by atoms with E-state index in [1.54, 1.807) is 0 Å². The Hall–Kier alpha value is -2.69. The molecule has 0 radical (unpaired) electrons. The minimum absolute atomic E-state index is 0.163. The number of aromatic nitrogens is 5. The van der Waals surface area contributed by atoms with Crippen molar-refractivity contribution in [3.8, 4) is 5.82 Å². The second-order valence-corrected chi connectivity index (χ2v) is 9.36. The molecule has 1 aliphatic carbocycles. The van der Waals surface area contributed by atoms with Crippen LogP contribution in [0.1, 0.15) is 50.0 Å². The largest absolute Gasteiger partial charge is 0.387 e. The molecular weight excluding hydrogens is 422 g/mol. The van der Waals surface area contributed by atoms with Crippen molar-refractivity contribution >= 4 is 5.78 Å². The number of aliphatic hydroxyl groups excluding tert-OH is 1. The van der Waals surface area contributed by atoms with Crippen molar-refractivity contribution in [2.45, 2.75) is 51.2 Å². The fourth-order valence-electron chi connectivity index (χ4n) is 5.33. The third-order valence-electron chi connectivity index (χ3n) is 7.32. The fourth-order valence-corrected chi connectivity index (χ4v) is 5.33. The van der Waals surface area contributed by atoms with E-state index in [1.165, 1.54) is 16.7 Å². The van der Waals surface area contributed by atoms with Crippen LogP contribution in [0, 0.1) is 6.92 Å². The topological polar surface area (TPSA) is 110 Å². The maximum absolute atomic E-state index is 12.0. The Morgan fingerprint density at radius 1 is 1.18 bits per heavy atom. The van der Waals surface area contributed by atoms with Crippen LogP contribution in [0.5, 0.6) is 0 Å². The first-order valence-electron chi connectivity index (χ1n) is 11.7. The number of Topliss-reactive ketones (excluding diaryl/α,β-unsaturated/α-hetero) is 1. The van der Waals surface area contributed by atoms with Crippen LogP contribution in [0.4, 0.5) is 0 Å². The molecule has 1 spiro atoms. The van der Waals surface area contributed by atoms with Crippen LogP contribution in [0.2, 0.25) is 0 Å². The number of nitrogens with zero attached hydrogens (tertiary/aromatic N) is 7. The minimum Gasteiger partial charge on any atom is -0.387 e. The number of β-amino-alcohol motifs (C(OH)–C–C–N with tert-alkyl or cyclic N) is 1. The van der Waals surface area contributed by atoms with Crippen LogP contribution < -0.4 is 0 Å². The number of likely N-dealkylation sites (tertiary alicyclic amines) is 1. The highest BCUT2D eigenvalue weighted by molar-refractivity contribution is 5.97. The van der Waals surface area contributed by atoms with Crippen LogP contribution >= 0.6 is 0 Å². The number of carbonyl (C=O) groups is 1. The van der Waals surface area contributed by atoms with Crippen molar-refractivity contribution in [1.29, 1.82) is 0 Å². The van der Waals surface area contributed by atoms with Crippen LogP contribution in [0.15, 0.2) is 29.7 Å². The normalized spacial score (nSPS) is 22.4. The summed E-state index contributed by atoms with van der Waals surface area (Å²) in [5, 5.41) is 22.1. The molecule has 10 nitrogen and oxygen atoms in total. The summed E-state index contributed by atoms with van der Waals surface area (Å²) >= 11 is 0. The Morgan fingerprint density at radius 3 is 2.67 bits per heavy atom. The quantitative estimate of drug-likeness (QED) is 0.714. The van der Waals surface area contributed by atoms with Gasteiger partial charge in [0.05, 0.1) is 18.3 Å².